The zero-order valence-electron chi connectivity index (χ0n) is 38.4. The maximum atomic E-state index is 14.6. The molecule has 366 valence electrons. The van der Waals surface area contributed by atoms with Crippen LogP contribution in [-0.2, 0) is 40.7 Å². The number of unbranched alkanes of at least 4 members (excludes halogenated alkanes) is 1. The van der Waals surface area contributed by atoms with Gasteiger partial charge in [0.15, 0.2) is 0 Å². The highest BCUT2D eigenvalue weighted by atomic mass is 32.1. The maximum Gasteiger partial charge on any atom is 0.399 e. The minimum absolute atomic E-state index is 0.0490. The number of thiophene rings is 1. The molecule has 3 aliphatic heterocycles. The zero-order chi connectivity index (χ0) is 50.7. The molecule has 1 aromatic heterocycles. The van der Waals surface area contributed by atoms with Gasteiger partial charge < -0.3 is 35.1 Å². The Bertz CT molecular complexity index is 2950. The molecular weight excluding hydrogens is 948 g/mol. The minimum atomic E-state index is -5.84. The summed E-state index contributed by atoms with van der Waals surface area (Å²) in [5.41, 5.74) is -3.87. The molecule has 2 fully saturated rings. The molecule has 0 bridgehead atoms. The average Bonchev–Trinajstić information content (AvgIpc) is 4.06. The highest BCUT2D eigenvalue weighted by molar-refractivity contribution is 7.52. The number of nitrogens with one attached hydrogen (secondary N) is 3. The summed E-state index contributed by atoms with van der Waals surface area (Å²) in [5.74, 6) is 2.92. The van der Waals surface area contributed by atoms with Crippen LogP contribution in [0.2, 0.25) is 0 Å². The third-order valence-corrected chi connectivity index (χ3v) is 14.5. The van der Waals surface area contributed by atoms with Crippen molar-refractivity contribution < 1.29 is 56.7 Å². The number of likely N-dealkylation sites (tertiary alicyclic amines) is 1. The summed E-state index contributed by atoms with van der Waals surface area (Å²) >= 11 is 0.936. The molecule has 0 aliphatic carbocycles. The monoisotopic (exact) mass is 997 g/mol. The number of fused-ring (bicyclic) bond motifs is 2. The van der Waals surface area contributed by atoms with Gasteiger partial charge in [0, 0.05) is 72.5 Å². The predicted octanol–water partition coefficient (Wildman–Crippen LogP) is 5.27. The number of hydrogen-bond donors (Lipinski definition) is 5. The van der Waals surface area contributed by atoms with Crippen LogP contribution in [0.1, 0.15) is 108 Å². The summed E-state index contributed by atoms with van der Waals surface area (Å²) in [4.78, 5) is 116. The molecule has 0 spiro atoms. The van der Waals surface area contributed by atoms with Crippen molar-refractivity contribution in [2.75, 3.05) is 24.5 Å². The third-order valence-electron chi connectivity index (χ3n) is 12.4. The van der Waals surface area contributed by atoms with Crippen molar-refractivity contribution in [2.45, 2.75) is 96.1 Å². The van der Waals surface area contributed by atoms with Crippen molar-refractivity contribution in [1.29, 1.82) is 5.26 Å². The maximum absolute atomic E-state index is 14.6. The summed E-state index contributed by atoms with van der Waals surface area (Å²) in [6.45, 7) is 5.72. The van der Waals surface area contributed by atoms with E-state index >= 15 is 0 Å². The molecule has 7 rings (SSSR count). The van der Waals surface area contributed by atoms with E-state index in [1.807, 2.05) is 0 Å². The van der Waals surface area contributed by atoms with E-state index in [1.165, 1.54) is 32.9 Å². The first kappa shape index (κ1) is 51.0. The molecule has 3 aromatic carbocycles. The van der Waals surface area contributed by atoms with Gasteiger partial charge in [-0.25, -0.2) is 0 Å². The lowest BCUT2D eigenvalue weighted by Gasteiger charge is -2.36. The number of halogens is 2. The normalized spacial score (nSPS) is 17.5. The van der Waals surface area contributed by atoms with Crippen LogP contribution in [0.3, 0.4) is 0 Å². The van der Waals surface area contributed by atoms with Crippen LogP contribution in [0.25, 0.3) is 10.1 Å². The topological polar surface area (TPSA) is 247 Å². The summed E-state index contributed by atoms with van der Waals surface area (Å²) in [6, 6.07) is 14.9. The third kappa shape index (κ3) is 11.0. The Kier molecular flexibility index (Phi) is 15.0. The first-order valence-corrected chi connectivity index (χ1v) is 24.9. The molecule has 7 amide bonds. The highest BCUT2D eigenvalue weighted by Crippen LogP contribution is 2.59. The molecule has 0 saturated carbocycles. The van der Waals surface area contributed by atoms with E-state index in [1.54, 1.807) is 57.2 Å². The van der Waals surface area contributed by atoms with Crippen LogP contribution in [0, 0.1) is 28.6 Å². The summed E-state index contributed by atoms with van der Waals surface area (Å²) in [6.07, 6.45) is 1.86. The summed E-state index contributed by atoms with van der Waals surface area (Å²) in [7, 11) is -5.84. The van der Waals surface area contributed by atoms with Gasteiger partial charge in [-0.15, -0.1) is 11.3 Å². The fraction of sp³-hybridized carbons (Fsp3) is 0.388. The number of alkyl halides is 2. The second-order valence-electron chi connectivity index (χ2n) is 18.3. The molecule has 3 aliphatic rings. The molecule has 2 saturated heterocycles. The summed E-state index contributed by atoms with van der Waals surface area (Å²) < 4.78 is 40.9. The Hall–Kier alpha value is -6.83. The molecule has 4 heterocycles. The van der Waals surface area contributed by atoms with Crippen LogP contribution in [0.5, 0.6) is 0 Å². The van der Waals surface area contributed by atoms with E-state index in [9.17, 15) is 62.0 Å². The number of amides is 7. The zero-order valence-corrected chi connectivity index (χ0v) is 40.1. The van der Waals surface area contributed by atoms with Crippen LogP contribution in [0.15, 0.2) is 66.7 Å². The number of piperidine rings is 1. The van der Waals surface area contributed by atoms with E-state index in [2.05, 4.69) is 33.9 Å². The van der Waals surface area contributed by atoms with Crippen molar-refractivity contribution in [3.05, 3.63) is 99.4 Å². The Morgan fingerprint density at radius 3 is 2.50 bits per heavy atom. The Morgan fingerprint density at radius 1 is 1.03 bits per heavy atom. The van der Waals surface area contributed by atoms with Gasteiger partial charge in [-0.05, 0) is 90.6 Å². The van der Waals surface area contributed by atoms with Crippen LogP contribution in [0.4, 0.5) is 14.5 Å². The summed E-state index contributed by atoms with van der Waals surface area (Å²) in [5, 5.41) is 17.7. The number of nitrogens with zero attached hydrogens (tertiary/aromatic N) is 4. The van der Waals surface area contributed by atoms with Crippen molar-refractivity contribution >= 4 is 76.1 Å². The number of anilines is 1. The van der Waals surface area contributed by atoms with E-state index in [4.69, 9.17) is 0 Å². The predicted molar refractivity (Wildman–Crippen MR) is 253 cm³/mol. The molecule has 70 heavy (non-hydrogen) atoms. The van der Waals surface area contributed by atoms with Gasteiger partial charge in [0.25, 0.3) is 11.8 Å². The number of hydrogen-bond acceptors (Lipinski definition) is 10. The standard InChI is InChI=1S/C49H50F2N7O10PS/c1-48(2,3)42(55-44(62)39-26-31-25-32(16-18-38(31)70-39)49(50,51)69(66,67)68)47(65)57-22-9-15-37(57)46(64)56(33-13-7-10-29(24-33)27-52)23-20-40(59)53-21-6-4-5-11-30-12-8-14-34-35(30)28-58(45(34)63)36-17-19-41(60)54-43(36)61/h7-8,10,12-14,16,18,24-26,36-37,42H,4,6,9,15,17,19-23,28H2,1-3H3,(H,53,59)(H,55,62)(H,54,60,61)(H2,66,67,68)/t36?,37-,42+/m0/s1. The van der Waals surface area contributed by atoms with Gasteiger partial charge in [-0.1, -0.05) is 50.8 Å². The number of benzene rings is 3. The number of rotatable bonds is 14. The Morgan fingerprint density at radius 2 is 1.79 bits per heavy atom. The van der Waals surface area contributed by atoms with Crippen molar-refractivity contribution in [3.8, 4) is 17.9 Å². The van der Waals surface area contributed by atoms with Gasteiger partial charge in [0.2, 0.25) is 29.5 Å². The fourth-order valence-corrected chi connectivity index (χ4v) is 10.1. The lowest BCUT2D eigenvalue weighted by atomic mass is 9.85. The lowest BCUT2D eigenvalue weighted by molar-refractivity contribution is -0.141. The van der Waals surface area contributed by atoms with Gasteiger partial charge in [-0.2, -0.15) is 14.0 Å². The molecule has 3 atom stereocenters. The first-order chi connectivity index (χ1) is 33.1. The number of nitriles is 1. The first-order valence-electron chi connectivity index (χ1n) is 22.5. The average molecular weight is 998 g/mol. The SMILES string of the molecule is CC(C)(C)[C@H](NC(=O)c1cc2cc(C(F)(F)P(=O)(O)O)ccc2s1)C(=O)N1CCC[C@H]1C(=O)N(CCC(=O)NCCCC#Cc1cccc2c1CN(C1CCC(=O)NC1=O)C2=O)c1cccc(C#N)c1. The van der Waals surface area contributed by atoms with Gasteiger partial charge in [0.05, 0.1) is 16.5 Å². The van der Waals surface area contributed by atoms with Crippen LogP contribution in [-0.4, -0.2) is 98.7 Å². The van der Waals surface area contributed by atoms with Gasteiger partial charge >= 0.3 is 13.3 Å². The van der Waals surface area contributed by atoms with Crippen LogP contribution >= 0.6 is 18.9 Å². The number of carbonyl (C=O) groups is 7. The van der Waals surface area contributed by atoms with E-state index in [-0.39, 0.29) is 85.4 Å². The van der Waals surface area contributed by atoms with Crippen molar-refractivity contribution in [3.63, 3.8) is 0 Å². The van der Waals surface area contributed by atoms with Crippen molar-refractivity contribution in [1.82, 2.24) is 25.8 Å². The molecule has 21 heteroatoms. The molecule has 4 aromatic rings. The highest BCUT2D eigenvalue weighted by Gasteiger charge is 2.50. The Balaban J connectivity index is 0.979. The second kappa shape index (κ2) is 20.6. The van der Waals surface area contributed by atoms with Gasteiger partial charge in [-0.3, -0.25) is 43.4 Å². The second-order valence-corrected chi connectivity index (χ2v) is 21.0. The minimum Gasteiger partial charge on any atom is -0.356 e. The van der Waals surface area contributed by atoms with E-state index < -0.39 is 66.0 Å². The largest absolute Gasteiger partial charge is 0.399 e. The molecule has 0 radical (unpaired) electrons. The van der Waals surface area contributed by atoms with Gasteiger partial charge in [0.1, 0.15) is 18.1 Å². The number of carbonyl (C=O) groups excluding carboxylic acids is 7. The smallest absolute Gasteiger partial charge is 0.356 e. The molecule has 17 nitrogen and oxygen atoms in total. The lowest BCUT2D eigenvalue weighted by Crippen LogP contribution is -2.58. The number of imide groups is 1. The fourth-order valence-electron chi connectivity index (χ4n) is 8.67. The van der Waals surface area contributed by atoms with E-state index in [0.29, 0.717) is 46.3 Å². The Labute approximate surface area is 405 Å². The van der Waals surface area contributed by atoms with Crippen molar-refractivity contribution in [2.24, 2.45) is 5.41 Å². The van der Waals surface area contributed by atoms with E-state index in [0.717, 1.165) is 23.5 Å². The molecular formula is C49H50F2N7O10PS. The molecule has 1 unspecified atom stereocenters. The quantitative estimate of drug-likeness (QED) is 0.0472. The van der Waals surface area contributed by atoms with Crippen LogP contribution < -0.4 is 20.9 Å². The molecule has 5 N–H and O–H groups in total.